The summed E-state index contributed by atoms with van der Waals surface area (Å²) in [4.78, 5) is 4.60. The van der Waals surface area contributed by atoms with Gasteiger partial charge in [0.2, 0.25) is 0 Å². The summed E-state index contributed by atoms with van der Waals surface area (Å²) >= 11 is 0. The molecule has 0 spiro atoms. The molecule has 0 unspecified atom stereocenters. The predicted molar refractivity (Wildman–Crippen MR) is 141 cm³/mol. The van der Waals surface area contributed by atoms with E-state index in [9.17, 15) is 17.2 Å². The summed E-state index contributed by atoms with van der Waals surface area (Å²) in [5.41, 5.74) is 1.33. The first-order valence-corrected chi connectivity index (χ1v) is 13.7. The lowest BCUT2D eigenvalue weighted by atomic mass is 9.79. The van der Waals surface area contributed by atoms with Crippen molar-refractivity contribution in [3.05, 3.63) is 66.5 Å². The number of pyridine rings is 1. The smallest absolute Gasteiger partial charge is 0.399 e. The third-order valence-electron chi connectivity index (χ3n) is 7.45. The fraction of sp³-hybridized carbons (Fsp3) is 0.296. The van der Waals surface area contributed by atoms with Crippen molar-refractivity contribution in [3.8, 4) is 22.6 Å². The van der Waals surface area contributed by atoms with Crippen LogP contribution in [0.15, 0.2) is 65.8 Å². The van der Waals surface area contributed by atoms with Gasteiger partial charge in [0.25, 0.3) is 10.0 Å². The molecule has 202 valence electrons. The molecule has 39 heavy (non-hydrogen) atoms. The van der Waals surface area contributed by atoms with Crippen LogP contribution in [0.5, 0.6) is 11.5 Å². The Balaban J connectivity index is 1.53. The van der Waals surface area contributed by atoms with Gasteiger partial charge in [-0.2, -0.15) is 0 Å². The molecule has 0 radical (unpaired) electrons. The number of ether oxygens (including phenoxy) is 2. The number of aryl methyl sites for hydroxylation is 1. The summed E-state index contributed by atoms with van der Waals surface area (Å²) in [7, 11) is -4.80. The normalized spacial score (nSPS) is 19.1. The SMILES string of the molecule is Cc1ccc(S(=O)(=O)n2cc(-c3ccc4c(c3)OC(F)(F)O4)c3cc(B4OC(C)(C)C(C)(C)O4)cnc32)cc1. The van der Waals surface area contributed by atoms with Gasteiger partial charge in [0.05, 0.1) is 16.1 Å². The highest BCUT2D eigenvalue weighted by molar-refractivity contribution is 7.90. The van der Waals surface area contributed by atoms with E-state index in [-0.39, 0.29) is 22.0 Å². The first kappa shape index (κ1) is 25.8. The Morgan fingerprint density at radius 1 is 0.897 bits per heavy atom. The maximum atomic E-state index is 13.7. The van der Waals surface area contributed by atoms with Gasteiger partial charge in [0.1, 0.15) is 0 Å². The Hall–Kier alpha value is -3.48. The van der Waals surface area contributed by atoms with Crippen LogP contribution in [0.25, 0.3) is 22.2 Å². The van der Waals surface area contributed by atoms with E-state index in [0.717, 1.165) is 9.54 Å². The van der Waals surface area contributed by atoms with E-state index in [4.69, 9.17) is 9.31 Å². The monoisotopic (exact) mass is 554 g/mol. The molecule has 6 rings (SSSR count). The first-order valence-electron chi connectivity index (χ1n) is 12.3. The molecule has 2 aliphatic heterocycles. The average molecular weight is 554 g/mol. The Labute approximate surface area is 224 Å². The summed E-state index contributed by atoms with van der Waals surface area (Å²) in [6.45, 7) is 9.57. The van der Waals surface area contributed by atoms with E-state index in [1.54, 1.807) is 24.3 Å². The van der Waals surface area contributed by atoms with Crippen LogP contribution in [0.2, 0.25) is 0 Å². The maximum Gasteiger partial charge on any atom is 0.586 e. The average Bonchev–Trinajstić information content (AvgIpc) is 3.45. The van der Waals surface area contributed by atoms with Gasteiger partial charge in [-0.1, -0.05) is 23.8 Å². The molecule has 12 heteroatoms. The van der Waals surface area contributed by atoms with Crippen molar-refractivity contribution in [2.45, 2.75) is 57.0 Å². The van der Waals surface area contributed by atoms with Crippen LogP contribution in [-0.4, -0.2) is 42.0 Å². The van der Waals surface area contributed by atoms with Gasteiger partial charge < -0.3 is 18.8 Å². The first-order chi connectivity index (χ1) is 18.2. The molecule has 2 aromatic heterocycles. The van der Waals surface area contributed by atoms with E-state index < -0.39 is 34.6 Å². The molecule has 0 atom stereocenters. The molecule has 1 saturated heterocycles. The summed E-state index contributed by atoms with van der Waals surface area (Å²) in [6.07, 6.45) is -0.832. The second kappa shape index (κ2) is 8.26. The third-order valence-corrected chi connectivity index (χ3v) is 9.11. The lowest BCUT2D eigenvalue weighted by molar-refractivity contribution is -0.286. The molecule has 2 aliphatic rings. The van der Waals surface area contributed by atoms with Crippen LogP contribution in [0.4, 0.5) is 8.78 Å². The quantitative estimate of drug-likeness (QED) is 0.333. The number of nitrogens with zero attached hydrogens (tertiary/aromatic N) is 2. The van der Waals surface area contributed by atoms with E-state index in [1.807, 2.05) is 34.6 Å². The molecule has 0 bridgehead atoms. The summed E-state index contributed by atoms with van der Waals surface area (Å²) in [5, 5.41) is 0.462. The largest absolute Gasteiger partial charge is 0.586 e. The van der Waals surface area contributed by atoms with Crippen LogP contribution in [0, 0.1) is 6.92 Å². The molecule has 1 fully saturated rings. The number of alkyl halides is 2. The standard InChI is InChI=1S/C27H25BF2N2O6S/c1-16-6-9-19(10-7-16)39(33,34)32-15-21(17-8-11-22-23(12-17)36-27(29,30)35-22)20-13-18(14-31-24(20)32)28-37-25(2,3)26(4,5)38-28/h6-15H,1-5H3. The van der Waals surface area contributed by atoms with Crippen LogP contribution in [0.1, 0.15) is 33.3 Å². The van der Waals surface area contributed by atoms with Crippen LogP contribution < -0.4 is 14.9 Å². The Morgan fingerprint density at radius 2 is 1.54 bits per heavy atom. The highest BCUT2D eigenvalue weighted by Crippen LogP contribution is 2.44. The molecule has 0 saturated carbocycles. The van der Waals surface area contributed by atoms with Crippen molar-refractivity contribution in [1.29, 1.82) is 0 Å². The fourth-order valence-electron chi connectivity index (χ4n) is 4.56. The van der Waals surface area contributed by atoms with Gasteiger partial charge in [-0.25, -0.2) is 17.4 Å². The zero-order chi connectivity index (χ0) is 28.0. The minimum absolute atomic E-state index is 0.0821. The molecular formula is C27H25BF2N2O6S. The van der Waals surface area contributed by atoms with Crippen molar-refractivity contribution in [2.75, 3.05) is 0 Å². The second-order valence-corrected chi connectivity index (χ2v) is 12.5. The number of hydrogen-bond donors (Lipinski definition) is 0. The maximum absolute atomic E-state index is 13.7. The third kappa shape index (κ3) is 4.18. The van der Waals surface area contributed by atoms with Crippen LogP contribution in [-0.2, 0) is 19.3 Å². The summed E-state index contributed by atoms with van der Waals surface area (Å²) in [5.74, 6) is -0.273. The fourth-order valence-corrected chi connectivity index (χ4v) is 5.88. The molecule has 4 aromatic rings. The van der Waals surface area contributed by atoms with Gasteiger partial charge in [-0.05, 0) is 70.5 Å². The Morgan fingerprint density at radius 3 is 2.21 bits per heavy atom. The second-order valence-electron chi connectivity index (χ2n) is 10.7. The van der Waals surface area contributed by atoms with E-state index in [0.29, 0.717) is 22.0 Å². The summed E-state index contributed by atoms with van der Waals surface area (Å²) in [6, 6.07) is 12.5. The van der Waals surface area contributed by atoms with E-state index in [1.165, 1.54) is 36.7 Å². The minimum atomic E-state index is -4.05. The van der Waals surface area contributed by atoms with Crippen molar-refractivity contribution in [2.24, 2.45) is 0 Å². The zero-order valence-corrected chi connectivity index (χ0v) is 22.7. The van der Waals surface area contributed by atoms with Crippen molar-refractivity contribution in [3.63, 3.8) is 0 Å². The molecule has 0 amide bonds. The van der Waals surface area contributed by atoms with E-state index >= 15 is 0 Å². The minimum Gasteiger partial charge on any atom is -0.399 e. The molecule has 4 heterocycles. The van der Waals surface area contributed by atoms with E-state index in [2.05, 4.69) is 14.5 Å². The number of halogens is 2. The zero-order valence-electron chi connectivity index (χ0n) is 21.9. The van der Waals surface area contributed by atoms with Crippen LogP contribution >= 0.6 is 0 Å². The number of rotatable bonds is 4. The Bertz CT molecular complexity index is 1720. The van der Waals surface area contributed by atoms with Crippen molar-refractivity contribution < 1.29 is 36.0 Å². The number of benzene rings is 2. The lowest BCUT2D eigenvalue weighted by Crippen LogP contribution is -2.41. The van der Waals surface area contributed by atoms with Gasteiger partial charge in [0, 0.05) is 28.8 Å². The Kier molecular flexibility index (Phi) is 5.46. The topological polar surface area (TPSA) is 88.9 Å². The number of aromatic nitrogens is 2. The number of hydrogen-bond acceptors (Lipinski definition) is 7. The van der Waals surface area contributed by atoms with Gasteiger partial charge in [-0.15, -0.1) is 8.78 Å². The lowest BCUT2D eigenvalue weighted by Gasteiger charge is -2.32. The molecule has 2 aromatic carbocycles. The highest BCUT2D eigenvalue weighted by Gasteiger charge is 2.52. The highest BCUT2D eigenvalue weighted by atomic mass is 32.2. The predicted octanol–water partition coefficient (Wildman–Crippen LogP) is 4.87. The number of fused-ring (bicyclic) bond motifs is 2. The molecule has 8 nitrogen and oxygen atoms in total. The van der Waals surface area contributed by atoms with Crippen LogP contribution in [0.3, 0.4) is 0 Å². The van der Waals surface area contributed by atoms with Gasteiger partial charge in [-0.3, -0.25) is 0 Å². The summed E-state index contributed by atoms with van der Waals surface area (Å²) < 4.78 is 77.4. The van der Waals surface area contributed by atoms with Crippen molar-refractivity contribution >= 4 is 33.6 Å². The molecule has 0 N–H and O–H groups in total. The van der Waals surface area contributed by atoms with Gasteiger partial charge in [0.15, 0.2) is 17.1 Å². The van der Waals surface area contributed by atoms with Crippen molar-refractivity contribution in [1.82, 2.24) is 8.96 Å². The molecular weight excluding hydrogens is 529 g/mol. The van der Waals surface area contributed by atoms with Gasteiger partial charge >= 0.3 is 13.4 Å². The molecule has 0 aliphatic carbocycles.